The zero-order valence-electron chi connectivity index (χ0n) is 8.42. The Bertz CT molecular complexity index is 178. The molecule has 0 aliphatic heterocycles. The quantitative estimate of drug-likeness (QED) is 0.309. The Morgan fingerprint density at radius 1 is 1.35 bits per heavy atom. The number of halogens is 2. The summed E-state index contributed by atoms with van der Waals surface area (Å²) >= 11 is 4.74. The Labute approximate surface area is 136 Å². The van der Waals surface area contributed by atoms with Gasteiger partial charge in [0.25, 0.3) is 0 Å². The molecule has 0 radical (unpaired) electrons. The molecule has 0 aliphatic rings. The van der Waals surface area contributed by atoms with Crippen LogP contribution in [-0.4, -0.2) is 25.8 Å². The van der Waals surface area contributed by atoms with E-state index in [1.54, 1.807) is 21.0 Å². The molecule has 0 amide bonds. The normalized spacial score (nSPS) is 8.76. The fourth-order valence-corrected chi connectivity index (χ4v) is 0.552. The summed E-state index contributed by atoms with van der Waals surface area (Å²) in [5.74, 6) is -0.366. The van der Waals surface area contributed by atoms with Gasteiger partial charge >= 0.3 is 55.4 Å². The summed E-state index contributed by atoms with van der Waals surface area (Å²) < 4.78 is 9.67. The summed E-state index contributed by atoms with van der Waals surface area (Å²) in [5.41, 5.74) is 0.410. The fraction of sp³-hybridized carbons (Fsp3) is 0.727. The average Bonchev–Trinajstić information content (AvgIpc) is 2.05. The first-order valence-electron chi connectivity index (χ1n) is 3.77. The Balaban J connectivity index is -0.0000000724. The molecular weight excluding hydrogens is 485 g/mol. The van der Waals surface area contributed by atoms with Crippen LogP contribution in [0, 0.1) is 0 Å². The summed E-state index contributed by atoms with van der Waals surface area (Å²) in [4.78, 5) is 10.9. The van der Waals surface area contributed by atoms with Crippen LogP contribution in [0.1, 0.15) is 36.1 Å². The summed E-state index contributed by atoms with van der Waals surface area (Å²) in [6.45, 7) is 7.25. The number of carbonyl (C=O) groups excluding carboxylic acids is 1. The first-order valence-corrected chi connectivity index (χ1v) is 12.8. The van der Waals surface area contributed by atoms with E-state index in [1.807, 2.05) is 0 Å². The van der Waals surface area contributed by atoms with Gasteiger partial charge in [-0.3, -0.25) is 0 Å². The molecule has 0 aromatic rings. The Kier molecular flexibility index (Phi) is 40.7. The Hall–Kier alpha value is 1.21. The second-order valence-corrected chi connectivity index (χ2v) is 14.3. The molecule has 0 saturated heterocycles. The number of carbonyl (C=O) groups is 1. The fourth-order valence-electron chi connectivity index (χ4n) is 0.552. The Morgan fingerprint density at radius 3 is 1.94 bits per heavy atom. The van der Waals surface area contributed by atoms with Crippen molar-refractivity contribution in [3.63, 3.8) is 0 Å². The van der Waals surface area contributed by atoms with Crippen molar-refractivity contribution in [1.82, 2.24) is 0 Å². The van der Waals surface area contributed by atoms with Crippen LogP contribution in [0.25, 0.3) is 0 Å². The molecule has 6 heteroatoms. The molecular formula is C11H26I2O3V. The van der Waals surface area contributed by atoms with Crippen molar-refractivity contribution in [2.24, 2.45) is 0 Å². The molecule has 0 rings (SSSR count). The molecule has 0 bridgehead atoms. The Morgan fingerprint density at radius 2 is 1.71 bits per heavy atom. The second-order valence-electron chi connectivity index (χ2n) is 2.52. The summed E-state index contributed by atoms with van der Waals surface area (Å²) in [6.07, 6.45) is -0.204. The average molecular weight is 511 g/mol. The first kappa shape index (κ1) is 30.9. The summed E-state index contributed by atoms with van der Waals surface area (Å²) in [5, 5.41) is 0. The first-order chi connectivity index (χ1) is 6.49. The molecule has 3 nitrogen and oxygen atoms in total. The van der Waals surface area contributed by atoms with Crippen molar-refractivity contribution >= 4 is 45.9 Å². The van der Waals surface area contributed by atoms with Crippen molar-refractivity contribution in [2.75, 3.05) is 13.7 Å². The van der Waals surface area contributed by atoms with Gasteiger partial charge in [-0.2, -0.15) is 0 Å². The number of hydrogen-bond acceptors (Lipinski definition) is 3. The van der Waals surface area contributed by atoms with Gasteiger partial charge in [-0.05, 0) is 13.8 Å². The third-order valence-electron chi connectivity index (χ3n) is 1.06. The van der Waals surface area contributed by atoms with Crippen LogP contribution in [0.4, 0.5) is 0 Å². The van der Waals surface area contributed by atoms with Crippen molar-refractivity contribution in [1.29, 1.82) is 0 Å². The third-order valence-corrected chi connectivity index (χ3v) is 1.06. The van der Waals surface area contributed by atoms with E-state index in [9.17, 15) is 4.79 Å². The van der Waals surface area contributed by atoms with Gasteiger partial charge in [0, 0.05) is 12.7 Å². The van der Waals surface area contributed by atoms with E-state index >= 15 is 0 Å². The maximum absolute atomic E-state index is 10.9. The van der Waals surface area contributed by atoms with Crippen molar-refractivity contribution in [3.8, 4) is 0 Å². The molecule has 17 heavy (non-hydrogen) atoms. The number of ether oxygens (including phenoxy) is 2. The predicted octanol–water partition coefficient (Wildman–Crippen LogP) is 4.82. The standard InChI is InChI=1S/C8H14O3.3CH4.2HI.V/c1-6(2)8(9)11-7(3)5-10-4;;;;;;/h7H,1,5H2,2-4H3;3*1H4;2*1H;/q;;;;;;+2/p-2. The van der Waals surface area contributed by atoms with Gasteiger partial charge < -0.3 is 9.47 Å². The van der Waals surface area contributed by atoms with E-state index in [0.717, 1.165) is 0 Å². The van der Waals surface area contributed by atoms with E-state index in [2.05, 4.69) is 46.5 Å². The van der Waals surface area contributed by atoms with Crippen LogP contribution in [0.2, 0.25) is 0 Å². The zero-order chi connectivity index (χ0) is 11.6. The van der Waals surface area contributed by atoms with Gasteiger partial charge in [0.1, 0.15) is 6.10 Å². The molecule has 0 heterocycles. The molecule has 0 saturated carbocycles. The molecule has 0 N–H and O–H groups in total. The van der Waals surface area contributed by atoms with Gasteiger partial charge in [-0.25, -0.2) is 4.79 Å². The number of esters is 1. The SMILES string of the molecule is C.C.C.C=C(C)C(=O)OC(C)COC.[I][V][I]. The maximum atomic E-state index is 10.9. The summed E-state index contributed by atoms with van der Waals surface area (Å²) in [6, 6.07) is 0. The number of rotatable bonds is 4. The van der Waals surface area contributed by atoms with Crippen LogP contribution in [0.5, 0.6) is 0 Å². The minimum absolute atomic E-state index is 0. The zero-order valence-corrected chi connectivity index (χ0v) is 14.1. The van der Waals surface area contributed by atoms with E-state index in [1.165, 1.54) is 0 Å². The molecule has 0 spiro atoms. The van der Waals surface area contributed by atoms with Gasteiger partial charge in [-0.15, -0.1) is 0 Å². The van der Waals surface area contributed by atoms with E-state index in [0.29, 0.717) is 21.6 Å². The van der Waals surface area contributed by atoms with Gasteiger partial charge in [0.2, 0.25) is 0 Å². The van der Waals surface area contributed by atoms with Crippen molar-refractivity contribution < 1.29 is 23.7 Å². The third kappa shape index (κ3) is 26.7. The van der Waals surface area contributed by atoms with Crippen LogP contribution in [0.15, 0.2) is 12.2 Å². The molecule has 0 aliphatic carbocycles. The van der Waals surface area contributed by atoms with E-state index in [-0.39, 0.29) is 34.4 Å². The number of methoxy groups -OCH3 is 1. The van der Waals surface area contributed by atoms with Gasteiger partial charge in [-0.1, -0.05) is 28.9 Å². The molecule has 107 valence electrons. The van der Waals surface area contributed by atoms with Gasteiger partial charge in [0.05, 0.1) is 6.61 Å². The molecule has 1 atom stereocenters. The summed E-state index contributed by atoms with van der Waals surface area (Å²) in [7, 11) is 2.19. The predicted molar refractivity (Wildman–Crippen MR) is 90.5 cm³/mol. The molecule has 0 aromatic carbocycles. The minimum atomic E-state index is -0.366. The van der Waals surface area contributed by atoms with Crippen molar-refractivity contribution in [2.45, 2.75) is 42.2 Å². The molecule has 0 aromatic heterocycles. The van der Waals surface area contributed by atoms with Gasteiger partial charge in [0.15, 0.2) is 0 Å². The molecule has 1 unspecified atom stereocenters. The van der Waals surface area contributed by atoms with Crippen LogP contribution >= 0.6 is 40.0 Å². The van der Waals surface area contributed by atoms with Crippen LogP contribution in [0.3, 0.4) is 0 Å². The van der Waals surface area contributed by atoms with Crippen LogP contribution < -0.4 is 0 Å². The van der Waals surface area contributed by atoms with E-state index < -0.39 is 0 Å². The van der Waals surface area contributed by atoms with Crippen molar-refractivity contribution in [3.05, 3.63) is 12.2 Å². The second kappa shape index (κ2) is 22.4. The molecule has 0 fully saturated rings. The topological polar surface area (TPSA) is 35.5 Å². The monoisotopic (exact) mass is 511 g/mol. The van der Waals surface area contributed by atoms with E-state index in [4.69, 9.17) is 9.47 Å². The van der Waals surface area contributed by atoms with Crippen LogP contribution in [-0.2, 0) is 23.7 Å². The number of hydrogen-bond donors (Lipinski definition) is 0.